The molecule has 1 aromatic heterocycles. The third-order valence-corrected chi connectivity index (χ3v) is 5.40. The lowest BCUT2D eigenvalue weighted by Crippen LogP contribution is -2.39. The zero-order chi connectivity index (χ0) is 18.0. The van der Waals surface area contributed by atoms with E-state index >= 15 is 0 Å². The molecule has 0 radical (unpaired) electrons. The average Bonchev–Trinajstić information content (AvgIpc) is 3.03. The van der Waals surface area contributed by atoms with Crippen LogP contribution in [0.25, 0.3) is 0 Å². The first kappa shape index (κ1) is 17.9. The van der Waals surface area contributed by atoms with Gasteiger partial charge in [-0.1, -0.05) is 11.6 Å². The van der Waals surface area contributed by atoms with Crippen LogP contribution in [0.3, 0.4) is 0 Å². The molecule has 138 valence electrons. The van der Waals surface area contributed by atoms with E-state index in [1.807, 2.05) is 4.90 Å². The van der Waals surface area contributed by atoms with Crippen molar-refractivity contribution in [3.05, 3.63) is 17.0 Å². The van der Waals surface area contributed by atoms with Gasteiger partial charge in [-0.3, -0.25) is 9.59 Å². The molecule has 2 amide bonds. The number of hydrogen-bond acceptors (Lipinski definition) is 5. The highest BCUT2D eigenvalue weighted by molar-refractivity contribution is 5.93. The van der Waals surface area contributed by atoms with Crippen LogP contribution in [-0.2, 0) is 17.8 Å². The lowest BCUT2D eigenvalue weighted by Gasteiger charge is -2.33. The van der Waals surface area contributed by atoms with Crippen LogP contribution in [0.15, 0.2) is 4.52 Å². The van der Waals surface area contributed by atoms with Gasteiger partial charge < -0.3 is 19.2 Å². The van der Waals surface area contributed by atoms with Crippen molar-refractivity contribution >= 4 is 11.8 Å². The second-order valence-corrected chi connectivity index (χ2v) is 7.37. The number of aromatic nitrogens is 1. The molecule has 0 saturated carbocycles. The topological polar surface area (TPSA) is 69.9 Å². The van der Waals surface area contributed by atoms with E-state index in [0.717, 1.165) is 24.3 Å². The molecule has 0 bridgehead atoms. The molecular formula is C18H28N4O3. The predicted molar refractivity (Wildman–Crippen MR) is 93.1 cm³/mol. The number of likely N-dealkylation sites (tertiary alicyclic amines) is 1. The molecule has 0 spiro atoms. The number of nitrogens with zero attached hydrogens (tertiary/aromatic N) is 4. The first-order valence-corrected chi connectivity index (χ1v) is 9.14. The van der Waals surface area contributed by atoms with Crippen molar-refractivity contribution < 1.29 is 14.1 Å². The van der Waals surface area contributed by atoms with Crippen molar-refractivity contribution in [2.45, 2.75) is 51.1 Å². The second-order valence-electron chi connectivity index (χ2n) is 7.37. The highest BCUT2D eigenvalue weighted by Crippen LogP contribution is 2.25. The van der Waals surface area contributed by atoms with E-state index < -0.39 is 0 Å². The van der Waals surface area contributed by atoms with Gasteiger partial charge in [0.1, 0.15) is 5.76 Å². The normalized spacial score (nSPS) is 21.1. The molecule has 25 heavy (non-hydrogen) atoms. The quantitative estimate of drug-likeness (QED) is 0.825. The maximum absolute atomic E-state index is 12.7. The minimum atomic E-state index is -0.178. The highest BCUT2D eigenvalue weighted by Gasteiger charge is 2.30. The Kier molecular flexibility index (Phi) is 5.42. The van der Waals surface area contributed by atoms with Gasteiger partial charge in [0.05, 0.1) is 6.54 Å². The van der Waals surface area contributed by atoms with E-state index in [-0.39, 0.29) is 11.8 Å². The molecule has 3 rings (SSSR count). The van der Waals surface area contributed by atoms with Gasteiger partial charge in [0, 0.05) is 45.1 Å². The molecule has 0 N–H and O–H groups in total. The molecule has 3 heterocycles. The summed E-state index contributed by atoms with van der Waals surface area (Å²) < 4.78 is 5.31. The SMILES string of the molecule is CN(C)C(=O)c1noc2c1CN(C(=O)CC[C@H]1CCCCN1C)CC2. The molecule has 2 aliphatic heterocycles. The second kappa shape index (κ2) is 7.56. The maximum atomic E-state index is 12.7. The summed E-state index contributed by atoms with van der Waals surface area (Å²) in [6, 6.07) is 0.513. The Hall–Kier alpha value is -1.89. The molecule has 0 aromatic carbocycles. The first-order chi connectivity index (χ1) is 12.0. The van der Waals surface area contributed by atoms with Crippen molar-refractivity contribution in [2.75, 3.05) is 34.2 Å². The van der Waals surface area contributed by atoms with E-state index in [1.165, 1.54) is 24.2 Å². The number of piperidine rings is 1. The fraction of sp³-hybridized carbons (Fsp3) is 0.722. The maximum Gasteiger partial charge on any atom is 0.275 e. The number of rotatable bonds is 4. The van der Waals surface area contributed by atoms with E-state index in [2.05, 4.69) is 17.1 Å². The van der Waals surface area contributed by atoms with Gasteiger partial charge in [-0.15, -0.1) is 0 Å². The van der Waals surface area contributed by atoms with Gasteiger partial charge in [0.25, 0.3) is 5.91 Å². The Morgan fingerprint density at radius 2 is 2.08 bits per heavy atom. The zero-order valence-corrected chi connectivity index (χ0v) is 15.5. The molecule has 0 aliphatic carbocycles. The average molecular weight is 348 g/mol. The Labute approximate surface area is 148 Å². The van der Waals surface area contributed by atoms with Crippen molar-refractivity contribution in [1.82, 2.24) is 19.9 Å². The van der Waals surface area contributed by atoms with Gasteiger partial charge in [0.2, 0.25) is 5.91 Å². The summed E-state index contributed by atoms with van der Waals surface area (Å²) in [4.78, 5) is 30.6. The Bertz CT molecular complexity index is 640. The summed E-state index contributed by atoms with van der Waals surface area (Å²) in [6.45, 7) is 2.19. The van der Waals surface area contributed by atoms with Crippen LogP contribution in [0, 0.1) is 0 Å². The van der Waals surface area contributed by atoms with E-state index in [0.29, 0.717) is 37.7 Å². The van der Waals surface area contributed by atoms with Gasteiger partial charge in [0.15, 0.2) is 5.69 Å². The number of amides is 2. The summed E-state index contributed by atoms with van der Waals surface area (Å²) in [5.41, 5.74) is 1.11. The van der Waals surface area contributed by atoms with Gasteiger partial charge in [-0.2, -0.15) is 0 Å². The Morgan fingerprint density at radius 1 is 1.28 bits per heavy atom. The molecule has 1 saturated heterocycles. The summed E-state index contributed by atoms with van der Waals surface area (Å²) in [6.07, 6.45) is 5.79. The summed E-state index contributed by atoms with van der Waals surface area (Å²) in [5, 5.41) is 3.93. The molecule has 7 heteroatoms. The van der Waals surface area contributed by atoms with Crippen molar-refractivity contribution in [1.29, 1.82) is 0 Å². The first-order valence-electron chi connectivity index (χ1n) is 9.14. The van der Waals surface area contributed by atoms with Crippen LogP contribution in [0.5, 0.6) is 0 Å². The lowest BCUT2D eigenvalue weighted by molar-refractivity contribution is -0.132. The summed E-state index contributed by atoms with van der Waals surface area (Å²) in [5.74, 6) is 0.721. The monoisotopic (exact) mass is 348 g/mol. The van der Waals surface area contributed by atoms with Crippen LogP contribution >= 0.6 is 0 Å². The third-order valence-electron chi connectivity index (χ3n) is 5.40. The zero-order valence-electron chi connectivity index (χ0n) is 15.5. The molecule has 1 aromatic rings. The minimum Gasteiger partial charge on any atom is -0.360 e. The van der Waals surface area contributed by atoms with Gasteiger partial charge >= 0.3 is 0 Å². The molecule has 7 nitrogen and oxygen atoms in total. The van der Waals surface area contributed by atoms with Crippen molar-refractivity contribution in [2.24, 2.45) is 0 Å². The van der Waals surface area contributed by atoms with Crippen molar-refractivity contribution in [3.8, 4) is 0 Å². The summed E-state index contributed by atoms with van der Waals surface area (Å²) in [7, 11) is 5.53. The third kappa shape index (κ3) is 3.86. The van der Waals surface area contributed by atoms with E-state index in [9.17, 15) is 9.59 Å². The minimum absolute atomic E-state index is 0.161. The number of carbonyl (C=O) groups is 2. The predicted octanol–water partition coefficient (Wildman–Crippen LogP) is 1.53. The van der Waals surface area contributed by atoms with E-state index in [1.54, 1.807) is 14.1 Å². The summed E-state index contributed by atoms with van der Waals surface area (Å²) >= 11 is 0. The van der Waals surface area contributed by atoms with Crippen LogP contribution in [-0.4, -0.2) is 71.9 Å². The van der Waals surface area contributed by atoms with Crippen LogP contribution in [0.1, 0.15) is 53.9 Å². The molecule has 2 aliphatic rings. The number of fused-ring (bicyclic) bond motifs is 1. The van der Waals surface area contributed by atoms with E-state index in [4.69, 9.17) is 4.52 Å². The lowest BCUT2D eigenvalue weighted by atomic mass is 9.98. The standard InChI is InChI=1S/C18H28N4O3/c1-20(2)18(24)17-14-12-22(11-9-15(14)25-19-17)16(23)8-7-13-6-4-5-10-21(13)3/h13H,4-12H2,1-3H3/t13-/m1/s1. The number of carbonyl (C=O) groups excluding carboxylic acids is 2. The molecular weight excluding hydrogens is 320 g/mol. The number of hydrogen-bond donors (Lipinski definition) is 0. The molecule has 1 fully saturated rings. The molecule has 1 atom stereocenters. The highest BCUT2D eigenvalue weighted by atomic mass is 16.5. The Morgan fingerprint density at radius 3 is 2.80 bits per heavy atom. The van der Waals surface area contributed by atoms with Crippen LogP contribution in [0.4, 0.5) is 0 Å². The van der Waals surface area contributed by atoms with Crippen LogP contribution in [0.2, 0.25) is 0 Å². The molecule has 0 unspecified atom stereocenters. The van der Waals surface area contributed by atoms with Crippen LogP contribution < -0.4 is 0 Å². The van der Waals surface area contributed by atoms with Crippen molar-refractivity contribution in [3.63, 3.8) is 0 Å². The van der Waals surface area contributed by atoms with Gasteiger partial charge in [-0.25, -0.2) is 0 Å². The smallest absolute Gasteiger partial charge is 0.275 e. The fourth-order valence-corrected chi connectivity index (χ4v) is 3.76. The largest absolute Gasteiger partial charge is 0.360 e. The van der Waals surface area contributed by atoms with Gasteiger partial charge in [-0.05, 0) is 32.9 Å². The fourth-order valence-electron chi connectivity index (χ4n) is 3.76. The Balaban J connectivity index is 1.61.